The SMILES string of the molecule is CC1(C)c2ccccc2-c2cc(N(c3ccc(-c4ccccc4-n4c5ccccc5c5ccccc54)cc3)c3cccc(-c4ccccc4)c3-c3ccccc3-c3ccccc3)ccc21. The minimum Gasteiger partial charge on any atom is -0.310 e. The maximum atomic E-state index is 2.49. The second-order valence-corrected chi connectivity index (χ2v) is 17.6. The molecule has 0 N–H and O–H groups in total. The number of benzene rings is 10. The van der Waals surface area contributed by atoms with Gasteiger partial charge in [-0.1, -0.05) is 208 Å². The van der Waals surface area contributed by atoms with E-state index in [-0.39, 0.29) is 5.41 Å². The quantitative estimate of drug-likeness (QED) is 0.148. The lowest BCUT2D eigenvalue weighted by Crippen LogP contribution is -2.15. The van der Waals surface area contributed by atoms with Crippen LogP contribution in [0, 0.1) is 0 Å². The fourth-order valence-corrected chi connectivity index (χ4v) is 10.6. The summed E-state index contributed by atoms with van der Waals surface area (Å²) in [5, 5.41) is 2.51. The van der Waals surface area contributed by atoms with E-state index in [4.69, 9.17) is 0 Å². The van der Waals surface area contributed by atoms with Gasteiger partial charge in [0.05, 0.1) is 22.4 Å². The Morgan fingerprint density at radius 2 is 0.831 bits per heavy atom. The standard InChI is InChI=1S/C63H46N2/c1-63(2)56-31-15-11-26-51(56)55-42-47(40-41-57(55)63)64(61-35-19-30-50(44-22-7-4-8-23-44)62(61)54-29-10-9-24-48(54)43-20-5-3-6-21-43)46-38-36-45(37-39-46)49-25-12-16-32-58(49)65-59-33-17-13-27-52(59)53-28-14-18-34-60(53)65/h3-42H,1-2H3. The molecule has 11 aromatic rings. The number of para-hydroxylation sites is 3. The zero-order chi connectivity index (χ0) is 43.5. The lowest BCUT2D eigenvalue weighted by molar-refractivity contribution is 0.660. The molecule has 0 saturated heterocycles. The molecule has 1 aliphatic rings. The second-order valence-electron chi connectivity index (χ2n) is 17.6. The first-order chi connectivity index (χ1) is 32.0. The van der Waals surface area contributed by atoms with E-state index in [2.05, 4.69) is 266 Å². The molecule has 10 aromatic carbocycles. The molecule has 0 amide bonds. The van der Waals surface area contributed by atoms with Crippen molar-refractivity contribution in [3.8, 4) is 61.3 Å². The highest BCUT2D eigenvalue weighted by Crippen LogP contribution is 2.53. The molecule has 0 spiro atoms. The zero-order valence-corrected chi connectivity index (χ0v) is 36.5. The van der Waals surface area contributed by atoms with Gasteiger partial charge in [0, 0.05) is 38.7 Å². The Hall–Kier alpha value is -8.20. The fraction of sp³-hybridized carbons (Fsp3) is 0.0476. The minimum absolute atomic E-state index is 0.103. The molecule has 1 aromatic heterocycles. The number of hydrogen-bond donors (Lipinski definition) is 0. The van der Waals surface area contributed by atoms with Gasteiger partial charge in [-0.15, -0.1) is 0 Å². The third kappa shape index (κ3) is 6.32. The predicted molar refractivity (Wildman–Crippen MR) is 275 cm³/mol. The van der Waals surface area contributed by atoms with Crippen LogP contribution in [-0.2, 0) is 5.41 Å². The highest BCUT2D eigenvalue weighted by molar-refractivity contribution is 6.10. The summed E-state index contributed by atoms with van der Waals surface area (Å²) in [5.74, 6) is 0. The molecule has 308 valence electrons. The van der Waals surface area contributed by atoms with E-state index < -0.39 is 0 Å². The van der Waals surface area contributed by atoms with Crippen molar-refractivity contribution in [2.75, 3.05) is 4.90 Å². The molecule has 0 unspecified atom stereocenters. The molecular weight excluding hydrogens is 785 g/mol. The summed E-state index contributed by atoms with van der Waals surface area (Å²) in [7, 11) is 0. The average molecular weight is 831 g/mol. The summed E-state index contributed by atoms with van der Waals surface area (Å²) in [5.41, 5.74) is 21.5. The molecule has 65 heavy (non-hydrogen) atoms. The third-order valence-electron chi connectivity index (χ3n) is 13.6. The van der Waals surface area contributed by atoms with Crippen LogP contribution in [0.15, 0.2) is 243 Å². The normalized spacial score (nSPS) is 12.6. The van der Waals surface area contributed by atoms with Gasteiger partial charge in [-0.2, -0.15) is 0 Å². The number of aromatic nitrogens is 1. The van der Waals surface area contributed by atoms with Crippen LogP contribution in [0.2, 0.25) is 0 Å². The number of anilines is 3. The molecule has 1 heterocycles. The zero-order valence-electron chi connectivity index (χ0n) is 36.5. The predicted octanol–water partition coefficient (Wildman–Crippen LogP) is 17.2. The maximum absolute atomic E-state index is 2.49. The molecule has 2 nitrogen and oxygen atoms in total. The Morgan fingerprint density at radius 3 is 1.52 bits per heavy atom. The van der Waals surface area contributed by atoms with E-state index in [9.17, 15) is 0 Å². The van der Waals surface area contributed by atoms with Gasteiger partial charge in [0.25, 0.3) is 0 Å². The van der Waals surface area contributed by atoms with Gasteiger partial charge in [-0.3, -0.25) is 0 Å². The Balaban J connectivity index is 1.09. The van der Waals surface area contributed by atoms with Crippen molar-refractivity contribution < 1.29 is 0 Å². The highest BCUT2D eigenvalue weighted by Gasteiger charge is 2.36. The van der Waals surface area contributed by atoms with Crippen LogP contribution in [0.4, 0.5) is 17.1 Å². The summed E-state index contributed by atoms with van der Waals surface area (Å²) < 4.78 is 2.43. The second kappa shape index (κ2) is 15.6. The van der Waals surface area contributed by atoms with Crippen LogP contribution < -0.4 is 4.90 Å². The molecule has 2 heteroatoms. The summed E-state index contributed by atoms with van der Waals surface area (Å²) in [4.78, 5) is 2.49. The Kier molecular flexibility index (Phi) is 9.21. The fourth-order valence-electron chi connectivity index (χ4n) is 10.6. The van der Waals surface area contributed by atoms with Crippen molar-refractivity contribution in [2.45, 2.75) is 19.3 Å². The van der Waals surface area contributed by atoms with E-state index >= 15 is 0 Å². The minimum atomic E-state index is -0.103. The summed E-state index contributed by atoms with van der Waals surface area (Å²) in [6, 6.07) is 88.9. The van der Waals surface area contributed by atoms with Crippen molar-refractivity contribution in [3.05, 3.63) is 254 Å². The van der Waals surface area contributed by atoms with Crippen molar-refractivity contribution in [3.63, 3.8) is 0 Å². The van der Waals surface area contributed by atoms with E-state index in [0.29, 0.717) is 0 Å². The Morgan fingerprint density at radius 1 is 0.338 bits per heavy atom. The number of hydrogen-bond acceptors (Lipinski definition) is 1. The van der Waals surface area contributed by atoms with E-state index in [0.717, 1.165) is 28.3 Å². The maximum Gasteiger partial charge on any atom is 0.0546 e. The smallest absolute Gasteiger partial charge is 0.0546 e. The lowest BCUT2D eigenvalue weighted by Gasteiger charge is -2.31. The van der Waals surface area contributed by atoms with Gasteiger partial charge in [0.2, 0.25) is 0 Å². The van der Waals surface area contributed by atoms with E-state index in [1.165, 1.54) is 83.0 Å². The number of rotatable bonds is 8. The van der Waals surface area contributed by atoms with Crippen LogP contribution >= 0.6 is 0 Å². The number of nitrogens with zero attached hydrogens (tertiary/aromatic N) is 2. The largest absolute Gasteiger partial charge is 0.310 e. The molecular formula is C63H46N2. The van der Waals surface area contributed by atoms with Crippen LogP contribution in [0.25, 0.3) is 83.1 Å². The van der Waals surface area contributed by atoms with Gasteiger partial charge >= 0.3 is 0 Å². The van der Waals surface area contributed by atoms with Crippen molar-refractivity contribution in [2.24, 2.45) is 0 Å². The van der Waals surface area contributed by atoms with Gasteiger partial charge in [-0.25, -0.2) is 0 Å². The van der Waals surface area contributed by atoms with Crippen molar-refractivity contribution >= 4 is 38.9 Å². The van der Waals surface area contributed by atoms with Gasteiger partial charge in [0.1, 0.15) is 0 Å². The molecule has 1 aliphatic carbocycles. The van der Waals surface area contributed by atoms with Crippen molar-refractivity contribution in [1.82, 2.24) is 4.57 Å². The molecule has 0 fully saturated rings. The van der Waals surface area contributed by atoms with E-state index in [1.807, 2.05) is 0 Å². The molecule has 0 saturated carbocycles. The highest BCUT2D eigenvalue weighted by atomic mass is 15.1. The Labute approximate surface area is 381 Å². The van der Waals surface area contributed by atoms with E-state index in [1.54, 1.807) is 0 Å². The van der Waals surface area contributed by atoms with Gasteiger partial charge in [0.15, 0.2) is 0 Å². The molecule has 0 radical (unpaired) electrons. The van der Waals surface area contributed by atoms with Crippen molar-refractivity contribution in [1.29, 1.82) is 0 Å². The average Bonchev–Trinajstić information content (AvgIpc) is 3.82. The molecule has 0 bridgehead atoms. The Bertz CT molecular complexity index is 3510. The van der Waals surface area contributed by atoms with Crippen LogP contribution in [0.1, 0.15) is 25.0 Å². The molecule has 12 rings (SSSR count). The first-order valence-electron chi connectivity index (χ1n) is 22.6. The lowest BCUT2D eigenvalue weighted by atomic mass is 9.82. The van der Waals surface area contributed by atoms with Crippen LogP contribution in [0.3, 0.4) is 0 Å². The number of fused-ring (bicyclic) bond motifs is 6. The van der Waals surface area contributed by atoms with Gasteiger partial charge in [-0.05, 0) is 104 Å². The third-order valence-corrected chi connectivity index (χ3v) is 13.6. The van der Waals surface area contributed by atoms with Crippen LogP contribution in [0.5, 0.6) is 0 Å². The topological polar surface area (TPSA) is 8.17 Å². The summed E-state index contributed by atoms with van der Waals surface area (Å²) in [6.45, 7) is 4.71. The molecule has 0 atom stereocenters. The monoisotopic (exact) mass is 830 g/mol. The van der Waals surface area contributed by atoms with Gasteiger partial charge < -0.3 is 9.47 Å². The molecule has 0 aliphatic heterocycles. The summed E-state index contributed by atoms with van der Waals surface area (Å²) in [6.07, 6.45) is 0. The first kappa shape index (κ1) is 38.5. The first-order valence-corrected chi connectivity index (χ1v) is 22.6. The van der Waals surface area contributed by atoms with Crippen LogP contribution in [-0.4, -0.2) is 4.57 Å². The summed E-state index contributed by atoms with van der Waals surface area (Å²) >= 11 is 0.